The molecule has 2 rings (SSSR count). The number of unbranched alkanes of at least 4 members (excludes halogenated alkanes) is 2. The SMILES string of the molecule is CCCCCNCc1cc(Br)c(OCc2ccc(Cl)cc2Cl)c(OCC)c1. The lowest BCUT2D eigenvalue weighted by Gasteiger charge is -2.16. The molecule has 3 nitrogen and oxygen atoms in total. The molecule has 2 aromatic rings. The first-order valence-electron chi connectivity index (χ1n) is 9.27. The minimum atomic E-state index is 0.337. The van der Waals surface area contributed by atoms with E-state index < -0.39 is 0 Å². The van der Waals surface area contributed by atoms with Crippen molar-refractivity contribution in [3.05, 3.63) is 56.0 Å². The van der Waals surface area contributed by atoms with E-state index in [1.807, 2.05) is 19.1 Å². The van der Waals surface area contributed by atoms with Gasteiger partial charge in [0.1, 0.15) is 6.61 Å². The van der Waals surface area contributed by atoms with Gasteiger partial charge in [-0.25, -0.2) is 0 Å². The van der Waals surface area contributed by atoms with E-state index in [4.69, 9.17) is 32.7 Å². The first-order valence-corrected chi connectivity index (χ1v) is 10.8. The van der Waals surface area contributed by atoms with Crippen LogP contribution in [0.2, 0.25) is 10.0 Å². The molecule has 0 aromatic heterocycles. The van der Waals surface area contributed by atoms with Crippen LogP contribution < -0.4 is 14.8 Å². The molecule has 27 heavy (non-hydrogen) atoms. The largest absolute Gasteiger partial charge is 0.490 e. The third-order valence-corrected chi connectivity index (χ3v) is 5.22. The zero-order valence-corrected chi connectivity index (χ0v) is 18.9. The summed E-state index contributed by atoms with van der Waals surface area (Å²) in [5, 5.41) is 4.67. The number of halogens is 3. The van der Waals surface area contributed by atoms with Crippen LogP contribution in [0.3, 0.4) is 0 Å². The number of benzene rings is 2. The summed E-state index contributed by atoms with van der Waals surface area (Å²) >= 11 is 15.8. The first-order chi connectivity index (χ1) is 13.0. The quantitative estimate of drug-likeness (QED) is 0.355. The Hall–Kier alpha value is -0.940. The lowest BCUT2D eigenvalue weighted by atomic mass is 10.2. The van der Waals surface area contributed by atoms with Gasteiger partial charge >= 0.3 is 0 Å². The fourth-order valence-electron chi connectivity index (χ4n) is 2.65. The normalized spacial score (nSPS) is 10.9. The van der Waals surface area contributed by atoms with Gasteiger partial charge < -0.3 is 14.8 Å². The summed E-state index contributed by atoms with van der Waals surface area (Å²) in [5.74, 6) is 1.40. The number of rotatable bonds is 11. The van der Waals surface area contributed by atoms with E-state index in [0.29, 0.717) is 29.0 Å². The number of hydrogen-bond donors (Lipinski definition) is 1. The monoisotopic (exact) mass is 473 g/mol. The van der Waals surface area contributed by atoms with Crippen molar-refractivity contribution in [3.63, 3.8) is 0 Å². The summed E-state index contributed by atoms with van der Waals surface area (Å²) < 4.78 is 12.7. The molecule has 0 aliphatic carbocycles. The fourth-order valence-corrected chi connectivity index (χ4v) is 3.71. The lowest BCUT2D eigenvalue weighted by Crippen LogP contribution is -2.15. The topological polar surface area (TPSA) is 30.5 Å². The van der Waals surface area contributed by atoms with Crippen LogP contribution in [0.15, 0.2) is 34.8 Å². The van der Waals surface area contributed by atoms with Crippen LogP contribution >= 0.6 is 39.1 Å². The number of ether oxygens (including phenoxy) is 2. The zero-order chi connectivity index (χ0) is 19.6. The maximum absolute atomic E-state index is 6.24. The molecule has 0 atom stereocenters. The smallest absolute Gasteiger partial charge is 0.175 e. The Morgan fingerprint density at radius 1 is 1.04 bits per heavy atom. The minimum Gasteiger partial charge on any atom is -0.490 e. The van der Waals surface area contributed by atoms with Gasteiger partial charge in [-0.2, -0.15) is 0 Å². The van der Waals surface area contributed by atoms with Gasteiger partial charge in [0.15, 0.2) is 11.5 Å². The number of nitrogens with one attached hydrogen (secondary N) is 1. The Morgan fingerprint density at radius 2 is 1.85 bits per heavy atom. The van der Waals surface area contributed by atoms with Crippen molar-refractivity contribution in [2.45, 2.75) is 46.3 Å². The predicted molar refractivity (Wildman–Crippen MR) is 117 cm³/mol. The maximum Gasteiger partial charge on any atom is 0.175 e. The first kappa shape index (κ1) is 22.4. The van der Waals surface area contributed by atoms with Crippen molar-refractivity contribution in [2.75, 3.05) is 13.2 Å². The van der Waals surface area contributed by atoms with E-state index in [2.05, 4.69) is 34.2 Å². The predicted octanol–water partition coefficient (Wildman–Crippen LogP) is 7.01. The molecule has 0 radical (unpaired) electrons. The Morgan fingerprint density at radius 3 is 2.56 bits per heavy atom. The fraction of sp³-hybridized carbons (Fsp3) is 0.429. The summed E-state index contributed by atoms with van der Waals surface area (Å²) in [5.41, 5.74) is 2.02. The highest BCUT2D eigenvalue weighted by Gasteiger charge is 2.13. The summed E-state index contributed by atoms with van der Waals surface area (Å²) in [6.45, 7) is 6.89. The highest BCUT2D eigenvalue weighted by atomic mass is 79.9. The van der Waals surface area contributed by atoms with Crippen molar-refractivity contribution in [1.29, 1.82) is 0 Å². The van der Waals surface area contributed by atoms with Gasteiger partial charge in [-0.05, 0) is 65.6 Å². The second-order valence-corrected chi connectivity index (χ2v) is 7.94. The average Bonchev–Trinajstić information content (AvgIpc) is 2.62. The molecule has 0 heterocycles. The van der Waals surface area contributed by atoms with Crippen molar-refractivity contribution < 1.29 is 9.47 Å². The molecular formula is C21H26BrCl2NO2. The van der Waals surface area contributed by atoms with Crippen LogP contribution in [-0.4, -0.2) is 13.2 Å². The van der Waals surface area contributed by atoms with Crippen LogP contribution in [0.5, 0.6) is 11.5 Å². The van der Waals surface area contributed by atoms with Crippen molar-refractivity contribution in [3.8, 4) is 11.5 Å². The number of hydrogen-bond acceptors (Lipinski definition) is 3. The molecule has 0 unspecified atom stereocenters. The van der Waals surface area contributed by atoms with Crippen molar-refractivity contribution in [2.24, 2.45) is 0 Å². The average molecular weight is 475 g/mol. The Balaban J connectivity index is 2.08. The molecule has 1 N–H and O–H groups in total. The summed E-state index contributed by atoms with van der Waals surface area (Å²) in [6.07, 6.45) is 3.67. The minimum absolute atomic E-state index is 0.337. The Labute approximate surface area is 180 Å². The van der Waals surface area contributed by atoms with Gasteiger partial charge in [0.25, 0.3) is 0 Å². The summed E-state index contributed by atoms with van der Waals surface area (Å²) in [4.78, 5) is 0. The summed E-state index contributed by atoms with van der Waals surface area (Å²) in [6, 6.07) is 9.48. The van der Waals surface area contributed by atoms with Gasteiger partial charge in [0, 0.05) is 22.2 Å². The van der Waals surface area contributed by atoms with Gasteiger partial charge in [0.2, 0.25) is 0 Å². The van der Waals surface area contributed by atoms with Crippen molar-refractivity contribution in [1.82, 2.24) is 5.32 Å². The molecule has 6 heteroatoms. The van der Waals surface area contributed by atoms with Crippen LogP contribution in [-0.2, 0) is 13.2 Å². The summed E-state index contributed by atoms with van der Waals surface area (Å²) in [7, 11) is 0. The zero-order valence-electron chi connectivity index (χ0n) is 15.8. The van der Waals surface area contributed by atoms with Crippen LogP contribution in [0.4, 0.5) is 0 Å². The molecular weight excluding hydrogens is 449 g/mol. The lowest BCUT2D eigenvalue weighted by molar-refractivity contribution is 0.267. The van der Waals surface area contributed by atoms with E-state index in [0.717, 1.165) is 34.4 Å². The highest BCUT2D eigenvalue weighted by molar-refractivity contribution is 9.10. The third kappa shape index (κ3) is 7.19. The third-order valence-electron chi connectivity index (χ3n) is 4.04. The molecule has 0 aliphatic rings. The second kappa shape index (κ2) is 11.8. The Bertz CT molecular complexity index is 740. The van der Waals surface area contributed by atoms with Crippen LogP contribution in [0.25, 0.3) is 0 Å². The molecule has 0 amide bonds. The molecule has 148 valence electrons. The standard InChI is InChI=1S/C21H26BrCl2NO2/c1-3-5-6-9-25-13-15-10-18(22)21(20(11-15)26-4-2)27-14-16-7-8-17(23)12-19(16)24/h7-8,10-12,25H,3-6,9,13-14H2,1-2H3. The van der Waals surface area contributed by atoms with E-state index in [-0.39, 0.29) is 0 Å². The van der Waals surface area contributed by atoms with Crippen LogP contribution in [0.1, 0.15) is 44.2 Å². The molecule has 0 fully saturated rings. The van der Waals surface area contributed by atoms with E-state index >= 15 is 0 Å². The second-order valence-electron chi connectivity index (χ2n) is 6.25. The molecule has 0 saturated heterocycles. The Kier molecular flexibility index (Phi) is 9.77. The molecule has 0 spiro atoms. The van der Waals surface area contributed by atoms with E-state index in [9.17, 15) is 0 Å². The highest BCUT2D eigenvalue weighted by Crippen LogP contribution is 2.38. The molecule has 0 saturated carbocycles. The van der Waals surface area contributed by atoms with Crippen LogP contribution in [0, 0.1) is 0 Å². The van der Waals surface area contributed by atoms with Gasteiger partial charge in [0.05, 0.1) is 11.1 Å². The maximum atomic E-state index is 6.24. The van der Waals surface area contributed by atoms with Gasteiger partial charge in [-0.3, -0.25) is 0 Å². The van der Waals surface area contributed by atoms with Crippen molar-refractivity contribution >= 4 is 39.1 Å². The van der Waals surface area contributed by atoms with Gasteiger partial charge in [-0.1, -0.05) is 49.0 Å². The molecule has 0 aliphatic heterocycles. The van der Waals surface area contributed by atoms with Gasteiger partial charge in [-0.15, -0.1) is 0 Å². The van der Waals surface area contributed by atoms with E-state index in [1.165, 1.54) is 19.3 Å². The molecule has 2 aromatic carbocycles. The van der Waals surface area contributed by atoms with E-state index in [1.54, 1.807) is 12.1 Å². The molecule has 0 bridgehead atoms.